The van der Waals surface area contributed by atoms with Crippen LogP contribution in [0.5, 0.6) is 0 Å². The minimum Gasteiger partial charge on any atom is -0.374 e. The van der Waals surface area contributed by atoms with Crippen molar-refractivity contribution in [2.75, 3.05) is 13.2 Å². The summed E-state index contributed by atoms with van der Waals surface area (Å²) in [5, 5.41) is 0. The van der Waals surface area contributed by atoms with Gasteiger partial charge >= 0.3 is 0 Å². The molecule has 13 heavy (non-hydrogen) atoms. The van der Waals surface area contributed by atoms with Crippen LogP contribution < -0.4 is 0 Å². The molecule has 0 spiro atoms. The van der Waals surface area contributed by atoms with Gasteiger partial charge in [-0.15, -0.1) is 0 Å². The third kappa shape index (κ3) is 2.42. The highest BCUT2D eigenvalue weighted by molar-refractivity contribution is 5.95. The van der Waals surface area contributed by atoms with E-state index in [9.17, 15) is 4.79 Å². The van der Waals surface area contributed by atoms with E-state index in [1.807, 2.05) is 26.8 Å². The molecule has 1 N–H and O–H groups in total. The molecule has 0 amide bonds. The highest BCUT2D eigenvalue weighted by Crippen LogP contribution is 2.08. The molecular formula is C10H15NO2. The summed E-state index contributed by atoms with van der Waals surface area (Å²) in [5.41, 5.74) is 2.79. The predicted octanol–water partition coefficient (Wildman–Crippen LogP) is 1.85. The molecule has 0 bridgehead atoms. The molecule has 0 aliphatic carbocycles. The molecule has 0 radical (unpaired) electrons. The van der Waals surface area contributed by atoms with Crippen LogP contribution >= 0.6 is 0 Å². The molecule has 0 unspecified atom stereocenters. The van der Waals surface area contributed by atoms with Crippen LogP contribution in [0.4, 0.5) is 0 Å². The van der Waals surface area contributed by atoms with Crippen molar-refractivity contribution >= 4 is 5.78 Å². The van der Waals surface area contributed by atoms with Crippen LogP contribution in [0.25, 0.3) is 0 Å². The molecule has 3 nitrogen and oxygen atoms in total. The van der Waals surface area contributed by atoms with Crippen molar-refractivity contribution in [1.82, 2.24) is 4.98 Å². The van der Waals surface area contributed by atoms with Gasteiger partial charge in [0, 0.05) is 12.3 Å². The molecule has 0 saturated carbocycles. The zero-order valence-corrected chi connectivity index (χ0v) is 8.31. The normalized spacial score (nSPS) is 10.4. The number of ketones is 1. The number of rotatable bonds is 4. The first-order valence-electron chi connectivity index (χ1n) is 4.42. The maximum absolute atomic E-state index is 11.4. The monoisotopic (exact) mass is 181 g/mol. The Labute approximate surface area is 78.1 Å². The van der Waals surface area contributed by atoms with Gasteiger partial charge in [0.05, 0.1) is 5.69 Å². The van der Waals surface area contributed by atoms with Gasteiger partial charge in [-0.3, -0.25) is 4.79 Å². The summed E-state index contributed by atoms with van der Waals surface area (Å²) >= 11 is 0. The number of Topliss-reactive ketones (excluding diaryl/α,β-unsaturated/α-hetero) is 1. The van der Waals surface area contributed by atoms with Crippen molar-refractivity contribution in [3.8, 4) is 0 Å². The van der Waals surface area contributed by atoms with E-state index < -0.39 is 0 Å². The summed E-state index contributed by atoms with van der Waals surface area (Å²) < 4.78 is 5.03. The van der Waals surface area contributed by atoms with Crippen molar-refractivity contribution in [2.24, 2.45) is 0 Å². The first kappa shape index (κ1) is 9.99. The van der Waals surface area contributed by atoms with E-state index in [-0.39, 0.29) is 12.4 Å². The van der Waals surface area contributed by atoms with Crippen molar-refractivity contribution in [3.05, 3.63) is 23.0 Å². The molecule has 1 heterocycles. The predicted molar refractivity (Wildman–Crippen MR) is 51.1 cm³/mol. The van der Waals surface area contributed by atoms with Gasteiger partial charge in [-0.2, -0.15) is 0 Å². The number of carbonyl (C=O) groups is 1. The molecular weight excluding hydrogens is 166 g/mol. The van der Waals surface area contributed by atoms with Gasteiger partial charge in [-0.1, -0.05) is 0 Å². The molecule has 1 aromatic heterocycles. The van der Waals surface area contributed by atoms with E-state index in [4.69, 9.17) is 4.74 Å². The van der Waals surface area contributed by atoms with Crippen molar-refractivity contribution in [1.29, 1.82) is 0 Å². The number of aromatic nitrogens is 1. The number of H-pyrrole nitrogens is 1. The van der Waals surface area contributed by atoms with Crippen LogP contribution in [-0.4, -0.2) is 24.0 Å². The Hall–Kier alpha value is -1.09. The van der Waals surface area contributed by atoms with E-state index >= 15 is 0 Å². The van der Waals surface area contributed by atoms with Gasteiger partial charge in [0.15, 0.2) is 0 Å². The number of carbonyl (C=O) groups excluding carboxylic acids is 1. The molecule has 1 aromatic rings. The summed E-state index contributed by atoms with van der Waals surface area (Å²) in [7, 11) is 0. The lowest BCUT2D eigenvalue weighted by Crippen LogP contribution is -2.09. The van der Waals surface area contributed by atoms with E-state index in [0.717, 1.165) is 11.3 Å². The van der Waals surface area contributed by atoms with E-state index in [0.29, 0.717) is 12.3 Å². The van der Waals surface area contributed by atoms with Gasteiger partial charge < -0.3 is 9.72 Å². The Kier molecular flexibility index (Phi) is 3.25. The van der Waals surface area contributed by atoms with Crippen LogP contribution in [0.3, 0.4) is 0 Å². The minimum atomic E-state index is 0.0121. The fourth-order valence-electron chi connectivity index (χ4n) is 1.08. The second-order valence-corrected chi connectivity index (χ2v) is 3.05. The first-order valence-corrected chi connectivity index (χ1v) is 4.42. The van der Waals surface area contributed by atoms with E-state index in [2.05, 4.69) is 4.98 Å². The molecule has 0 aliphatic rings. The zero-order chi connectivity index (χ0) is 9.84. The lowest BCUT2D eigenvalue weighted by molar-refractivity contribution is 0.0779. The van der Waals surface area contributed by atoms with Crippen LogP contribution in [-0.2, 0) is 4.74 Å². The number of nitrogens with one attached hydrogen (secondary N) is 1. The van der Waals surface area contributed by atoms with Crippen LogP contribution in [0.1, 0.15) is 28.7 Å². The molecule has 0 saturated heterocycles. The maximum atomic E-state index is 11.4. The minimum absolute atomic E-state index is 0.0121. The molecule has 1 rings (SSSR count). The first-order chi connectivity index (χ1) is 6.15. The second-order valence-electron chi connectivity index (χ2n) is 3.05. The number of aromatic amines is 1. The fourth-order valence-corrected chi connectivity index (χ4v) is 1.08. The van der Waals surface area contributed by atoms with Gasteiger partial charge in [0.25, 0.3) is 0 Å². The number of ether oxygens (including phenoxy) is 1. The Bertz CT molecular complexity index is 282. The average molecular weight is 181 g/mol. The summed E-state index contributed by atoms with van der Waals surface area (Å²) in [6.45, 7) is 6.54. The molecule has 72 valence electrons. The van der Waals surface area contributed by atoms with E-state index in [1.54, 1.807) is 0 Å². The maximum Gasteiger partial charge on any atom is 0.204 e. The lowest BCUT2D eigenvalue weighted by Gasteiger charge is -1.97. The van der Waals surface area contributed by atoms with Crippen LogP contribution in [0.15, 0.2) is 6.07 Å². The Morgan fingerprint density at radius 3 is 2.69 bits per heavy atom. The summed E-state index contributed by atoms with van der Waals surface area (Å²) in [6.07, 6.45) is 0. The zero-order valence-electron chi connectivity index (χ0n) is 8.31. The molecule has 0 aliphatic heterocycles. The highest BCUT2D eigenvalue weighted by atomic mass is 16.5. The topological polar surface area (TPSA) is 42.1 Å². The summed E-state index contributed by atoms with van der Waals surface area (Å²) in [6, 6.07) is 1.86. The number of aryl methyl sites for hydroxylation is 2. The van der Waals surface area contributed by atoms with E-state index in [1.165, 1.54) is 0 Å². The quantitative estimate of drug-likeness (QED) is 0.720. The van der Waals surface area contributed by atoms with Crippen LogP contribution in [0.2, 0.25) is 0 Å². The third-order valence-corrected chi connectivity index (χ3v) is 2.01. The van der Waals surface area contributed by atoms with Gasteiger partial charge in [-0.25, -0.2) is 0 Å². The lowest BCUT2D eigenvalue weighted by atomic mass is 10.2. The van der Waals surface area contributed by atoms with Crippen LogP contribution in [0, 0.1) is 13.8 Å². The number of hydrogen-bond acceptors (Lipinski definition) is 2. The van der Waals surface area contributed by atoms with Crippen molar-refractivity contribution in [3.63, 3.8) is 0 Å². The van der Waals surface area contributed by atoms with Gasteiger partial charge in [0.2, 0.25) is 5.78 Å². The molecule has 3 heteroatoms. The smallest absolute Gasteiger partial charge is 0.204 e. The fraction of sp³-hybridized carbons (Fsp3) is 0.500. The Balaban J connectivity index is 2.66. The Morgan fingerprint density at radius 1 is 1.54 bits per heavy atom. The molecule has 0 aromatic carbocycles. The highest BCUT2D eigenvalue weighted by Gasteiger charge is 2.08. The Morgan fingerprint density at radius 2 is 2.23 bits per heavy atom. The second kappa shape index (κ2) is 4.23. The average Bonchev–Trinajstić information content (AvgIpc) is 2.43. The SMILES string of the molecule is CCOCC(=O)c1cc(C)c(C)[nH]1. The third-order valence-electron chi connectivity index (χ3n) is 2.01. The number of hydrogen-bond donors (Lipinski definition) is 1. The molecule has 0 atom stereocenters. The van der Waals surface area contributed by atoms with Gasteiger partial charge in [-0.05, 0) is 32.4 Å². The van der Waals surface area contributed by atoms with Gasteiger partial charge in [0.1, 0.15) is 6.61 Å². The van der Waals surface area contributed by atoms with Crippen molar-refractivity contribution in [2.45, 2.75) is 20.8 Å². The largest absolute Gasteiger partial charge is 0.374 e. The standard InChI is InChI=1S/C10H15NO2/c1-4-13-6-10(12)9-5-7(2)8(3)11-9/h5,11H,4,6H2,1-3H3. The van der Waals surface area contributed by atoms with Crippen molar-refractivity contribution < 1.29 is 9.53 Å². The summed E-state index contributed by atoms with van der Waals surface area (Å²) in [5.74, 6) is 0.0121. The molecule has 0 fully saturated rings. The summed E-state index contributed by atoms with van der Waals surface area (Å²) in [4.78, 5) is 14.4.